The van der Waals surface area contributed by atoms with Gasteiger partial charge in [-0.15, -0.1) is 0 Å². The van der Waals surface area contributed by atoms with Crippen molar-refractivity contribution in [3.05, 3.63) is 0 Å². The summed E-state index contributed by atoms with van der Waals surface area (Å²) in [4.78, 5) is 4.32. The summed E-state index contributed by atoms with van der Waals surface area (Å²) in [6.07, 6.45) is 8.33. The smallest absolute Gasteiger partial charge is 0.0445 e. The Hall–Kier alpha value is -0.370. The summed E-state index contributed by atoms with van der Waals surface area (Å²) in [5, 5.41) is 0. The van der Waals surface area contributed by atoms with Gasteiger partial charge in [0.2, 0.25) is 0 Å². The van der Waals surface area contributed by atoms with Gasteiger partial charge in [0.15, 0.2) is 0 Å². The van der Waals surface area contributed by atoms with E-state index in [2.05, 4.69) is 11.2 Å². The molecule has 0 aromatic rings. The molecule has 2 nitrogen and oxygen atoms in total. The normalized spacial score (nSPS) is 43.5. The fourth-order valence-corrected chi connectivity index (χ4v) is 2.20. The molecule has 2 N–H and O–H groups in total. The molecule has 0 aromatic carbocycles. The summed E-state index contributed by atoms with van der Waals surface area (Å²) in [6.45, 7) is 1.07. The average Bonchev–Trinajstić information content (AvgIpc) is 2.45. The maximum absolute atomic E-state index is 5.84. The zero-order valence-electron chi connectivity index (χ0n) is 6.92. The highest BCUT2D eigenvalue weighted by Crippen LogP contribution is 2.40. The molecule has 0 unspecified atom stereocenters. The van der Waals surface area contributed by atoms with Crippen molar-refractivity contribution in [3.63, 3.8) is 0 Å². The van der Waals surface area contributed by atoms with Gasteiger partial charge in [-0.3, -0.25) is 4.99 Å². The van der Waals surface area contributed by atoms with Gasteiger partial charge in [-0.25, -0.2) is 0 Å². The maximum Gasteiger partial charge on any atom is 0.0445 e. The van der Waals surface area contributed by atoms with Crippen molar-refractivity contribution >= 4 is 6.21 Å². The molecule has 2 rings (SSSR count). The summed E-state index contributed by atoms with van der Waals surface area (Å²) in [6, 6.07) is 0.473. The molecule has 1 spiro atoms. The second-order valence-electron chi connectivity index (χ2n) is 4.06. The first-order valence-corrected chi connectivity index (χ1v) is 4.55. The monoisotopic (exact) mass is 152 g/mol. The molecule has 11 heavy (non-hydrogen) atoms. The Morgan fingerprint density at radius 2 is 2.09 bits per heavy atom. The van der Waals surface area contributed by atoms with Gasteiger partial charge in [0.25, 0.3) is 0 Å². The molecule has 1 saturated carbocycles. The zero-order valence-corrected chi connectivity index (χ0v) is 6.92. The molecule has 1 aliphatic heterocycles. The minimum atomic E-state index is 0.473. The van der Waals surface area contributed by atoms with Crippen molar-refractivity contribution in [1.82, 2.24) is 0 Å². The van der Waals surface area contributed by atoms with Crippen molar-refractivity contribution < 1.29 is 0 Å². The lowest BCUT2D eigenvalue weighted by atomic mass is 9.72. The molecular weight excluding hydrogens is 136 g/mol. The van der Waals surface area contributed by atoms with Crippen LogP contribution in [0.3, 0.4) is 0 Å². The third kappa shape index (κ3) is 1.32. The van der Waals surface area contributed by atoms with Crippen molar-refractivity contribution in [2.75, 3.05) is 6.54 Å². The molecule has 2 heteroatoms. The van der Waals surface area contributed by atoms with Crippen LogP contribution < -0.4 is 5.73 Å². The van der Waals surface area contributed by atoms with Crippen LogP contribution in [-0.4, -0.2) is 18.8 Å². The fourth-order valence-electron chi connectivity index (χ4n) is 2.20. The van der Waals surface area contributed by atoms with Crippen molar-refractivity contribution in [2.24, 2.45) is 16.1 Å². The summed E-state index contributed by atoms with van der Waals surface area (Å²) in [5.41, 5.74) is 6.40. The van der Waals surface area contributed by atoms with Gasteiger partial charge in [-0.2, -0.15) is 0 Å². The molecule has 0 bridgehead atoms. The summed E-state index contributed by atoms with van der Waals surface area (Å²) >= 11 is 0. The van der Waals surface area contributed by atoms with Gasteiger partial charge in [-0.1, -0.05) is 0 Å². The largest absolute Gasteiger partial charge is 0.328 e. The van der Waals surface area contributed by atoms with Gasteiger partial charge in [0.1, 0.15) is 0 Å². The molecule has 0 radical (unpaired) electrons. The van der Waals surface area contributed by atoms with Gasteiger partial charge in [0, 0.05) is 12.6 Å². The number of hydrogen-bond donors (Lipinski definition) is 1. The van der Waals surface area contributed by atoms with Crippen molar-refractivity contribution in [3.8, 4) is 0 Å². The van der Waals surface area contributed by atoms with E-state index in [1.165, 1.54) is 32.1 Å². The predicted molar refractivity (Wildman–Crippen MR) is 46.9 cm³/mol. The first-order chi connectivity index (χ1) is 5.31. The van der Waals surface area contributed by atoms with E-state index in [0.717, 1.165) is 6.54 Å². The highest BCUT2D eigenvalue weighted by molar-refractivity contribution is 5.61. The van der Waals surface area contributed by atoms with Crippen LogP contribution in [0.2, 0.25) is 0 Å². The SMILES string of the molecule is NC1CCC2(CC=NC2)CC1. The zero-order chi connectivity index (χ0) is 7.73. The van der Waals surface area contributed by atoms with Crippen LogP contribution >= 0.6 is 0 Å². The molecule has 62 valence electrons. The van der Waals surface area contributed by atoms with E-state index in [1.807, 2.05) is 0 Å². The lowest BCUT2D eigenvalue weighted by Crippen LogP contribution is -2.34. The van der Waals surface area contributed by atoms with E-state index < -0.39 is 0 Å². The van der Waals surface area contributed by atoms with Crippen LogP contribution in [0.5, 0.6) is 0 Å². The molecule has 1 aliphatic carbocycles. The number of hydrogen-bond acceptors (Lipinski definition) is 2. The third-order valence-corrected chi connectivity index (χ3v) is 3.17. The Morgan fingerprint density at radius 1 is 1.36 bits per heavy atom. The highest BCUT2D eigenvalue weighted by atomic mass is 14.8. The van der Waals surface area contributed by atoms with Crippen LogP contribution in [0.1, 0.15) is 32.1 Å². The Kier molecular flexibility index (Phi) is 1.72. The van der Waals surface area contributed by atoms with E-state index in [4.69, 9.17) is 5.73 Å². The second kappa shape index (κ2) is 2.59. The first-order valence-electron chi connectivity index (χ1n) is 4.55. The number of nitrogens with two attached hydrogens (primary N) is 1. The molecule has 0 aromatic heterocycles. The van der Waals surface area contributed by atoms with E-state index in [9.17, 15) is 0 Å². The Morgan fingerprint density at radius 3 is 2.64 bits per heavy atom. The van der Waals surface area contributed by atoms with Gasteiger partial charge in [0.05, 0.1) is 0 Å². The Balaban J connectivity index is 1.96. The van der Waals surface area contributed by atoms with E-state index >= 15 is 0 Å². The highest BCUT2D eigenvalue weighted by Gasteiger charge is 2.35. The van der Waals surface area contributed by atoms with E-state index in [1.54, 1.807) is 0 Å². The van der Waals surface area contributed by atoms with Gasteiger partial charge >= 0.3 is 0 Å². The third-order valence-electron chi connectivity index (χ3n) is 3.17. The minimum Gasteiger partial charge on any atom is -0.328 e. The van der Waals surface area contributed by atoms with Crippen LogP contribution in [0, 0.1) is 5.41 Å². The van der Waals surface area contributed by atoms with Gasteiger partial charge in [-0.05, 0) is 43.7 Å². The maximum atomic E-state index is 5.84. The molecular formula is C9H16N2. The Bertz CT molecular complexity index is 156. The van der Waals surface area contributed by atoms with Crippen LogP contribution in [0.15, 0.2) is 4.99 Å². The fraction of sp³-hybridized carbons (Fsp3) is 0.889. The predicted octanol–water partition coefficient (Wildman–Crippen LogP) is 1.35. The van der Waals surface area contributed by atoms with E-state index in [0.29, 0.717) is 11.5 Å². The van der Waals surface area contributed by atoms with Crippen molar-refractivity contribution in [2.45, 2.75) is 38.1 Å². The topological polar surface area (TPSA) is 38.4 Å². The number of nitrogens with zero attached hydrogens (tertiary/aromatic N) is 1. The lowest BCUT2D eigenvalue weighted by Gasteiger charge is -2.34. The number of aliphatic imine (C=N–C) groups is 1. The average molecular weight is 152 g/mol. The number of rotatable bonds is 0. The summed E-state index contributed by atoms with van der Waals surface area (Å²) in [7, 11) is 0. The van der Waals surface area contributed by atoms with Crippen LogP contribution in [-0.2, 0) is 0 Å². The first kappa shape index (κ1) is 7.29. The van der Waals surface area contributed by atoms with Crippen LogP contribution in [0.4, 0.5) is 0 Å². The quantitative estimate of drug-likeness (QED) is 0.559. The molecule has 0 atom stereocenters. The molecule has 1 heterocycles. The summed E-state index contributed by atoms with van der Waals surface area (Å²) in [5.74, 6) is 0. The molecule has 0 amide bonds. The van der Waals surface area contributed by atoms with Crippen molar-refractivity contribution in [1.29, 1.82) is 0 Å². The summed E-state index contributed by atoms with van der Waals surface area (Å²) < 4.78 is 0. The molecule has 2 aliphatic rings. The lowest BCUT2D eigenvalue weighted by molar-refractivity contribution is 0.205. The molecule has 0 saturated heterocycles. The van der Waals surface area contributed by atoms with Gasteiger partial charge < -0.3 is 5.73 Å². The minimum absolute atomic E-state index is 0.473. The second-order valence-corrected chi connectivity index (χ2v) is 4.06. The Labute approximate surface area is 67.9 Å². The molecule has 1 fully saturated rings. The standard InChI is InChI=1S/C9H16N2/c10-8-1-3-9(4-2-8)5-6-11-7-9/h6,8H,1-5,7,10H2. The van der Waals surface area contributed by atoms with Crippen LogP contribution in [0.25, 0.3) is 0 Å². The van der Waals surface area contributed by atoms with E-state index in [-0.39, 0.29) is 0 Å².